The number of hydrazine groups is 1. The maximum Gasteiger partial charge on any atom is 0.158 e. The van der Waals surface area contributed by atoms with Crippen LogP contribution in [0.4, 0.5) is 11.6 Å². The maximum atomic E-state index is 5.40. The summed E-state index contributed by atoms with van der Waals surface area (Å²) < 4.78 is 5.31. The second-order valence-corrected chi connectivity index (χ2v) is 4.80. The average molecular weight is 279 g/mol. The second kappa shape index (κ2) is 7.03. The Bertz CT molecular complexity index is 503. The van der Waals surface area contributed by atoms with Crippen LogP contribution in [0, 0.1) is 0 Å². The molecule has 0 aromatic carbocycles. The van der Waals surface area contributed by atoms with Gasteiger partial charge in [-0.2, -0.15) is 0 Å². The summed E-state index contributed by atoms with van der Waals surface area (Å²) in [6.45, 7) is 3.66. The molecule has 7 heteroatoms. The van der Waals surface area contributed by atoms with E-state index in [2.05, 4.69) is 26.8 Å². The van der Waals surface area contributed by atoms with Crippen LogP contribution in [-0.4, -0.2) is 16.6 Å². The number of thiophene rings is 1. The lowest BCUT2D eigenvalue weighted by Crippen LogP contribution is -2.12. The van der Waals surface area contributed by atoms with Crippen molar-refractivity contribution in [2.75, 3.05) is 17.3 Å². The molecule has 2 heterocycles. The number of nitrogen functional groups attached to an aromatic ring is 1. The van der Waals surface area contributed by atoms with E-state index in [0.717, 1.165) is 12.4 Å². The molecule has 2 aromatic rings. The molecule has 0 bridgehead atoms. The number of nitrogens with one attached hydrogen (secondary N) is 2. The van der Waals surface area contributed by atoms with Crippen molar-refractivity contribution in [2.45, 2.75) is 20.1 Å². The smallest absolute Gasteiger partial charge is 0.158 e. The van der Waals surface area contributed by atoms with Crippen LogP contribution in [0.5, 0.6) is 0 Å². The molecular weight excluding hydrogens is 262 g/mol. The zero-order valence-electron chi connectivity index (χ0n) is 10.7. The van der Waals surface area contributed by atoms with E-state index in [9.17, 15) is 0 Å². The minimum atomic E-state index is 0.375. The third kappa shape index (κ3) is 4.16. The Hall–Kier alpha value is -1.70. The van der Waals surface area contributed by atoms with Crippen molar-refractivity contribution in [3.63, 3.8) is 0 Å². The summed E-state index contributed by atoms with van der Waals surface area (Å²) in [5.74, 6) is 7.30. The molecule has 0 spiro atoms. The van der Waals surface area contributed by atoms with Gasteiger partial charge in [0.1, 0.15) is 18.2 Å². The van der Waals surface area contributed by atoms with Gasteiger partial charge in [0.05, 0.1) is 6.54 Å². The Morgan fingerprint density at radius 2 is 2.21 bits per heavy atom. The number of ether oxygens (including phenoxy) is 1. The van der Waals surface area contributed by atoms with Crippen molar-refractivity contribution < 1.29 is 4.74 Å². The number of anilines is 2. The lowest BCUT2D eigenvalue weighted by atomic mass is 10.4. The maximum absolute atomic E-state index is 5.40. The molecule has 0 aliphatic carbocycles. The van der Waals surface area contributed by atoms with Crippen LogP contribution in [0.3, 0.4) is 0 Å². The molecule has 2 aromatic heterocycles. The highest BCUT2D eigenvalue weighted by Gasteiger charge is 2.04. The normalized spacial score (nSPS) is 10.4. The highest BCUT2D eigenvalue weighted by Crippen LogP contribution is 2.14. The zero-order valence-corrected chi connectivity index (χ0v) is 11.5. The fraction of sp³-hybridized carbons (Fsp3) is 0.333. The summed E-state index contributed by atoms with van der Waals surface area (Å²) in [4.78, 5) is 9.85. The van der Waals surface area contributed by atoms with E-state index in [0.29, 0.717) is 24.9 Å². The van der Waals surface area contributed by atoms with Crippen molar-refractivity contribution in [3.05, 3.63) is 34.3 Å². The van der Waals surface area contributed by atoms with Gasteiger partial charge in [0.25, 0.3) is 0 Å². The van der Waals surface area contributed by atoms with Gasteiger partial charge >= 0.3 is 0 Å². The van der Waals surface area contributed by atoms with E-state index >= 15 is 0 Å². The first-order valence-corrected chi connectivity index (χ1v) is 6.88. The van der Waals surface area contributed by atoms with Gasteiger partial charge in [0, 0.05) is 17.6 Å². The van der Waals surface area contributed by atoms with Crippen LogP contribution >= 0.6 is 11.3 Å². The van der Waals surface area contributed by atoms with E-state index in [1.165, 1.54) is 4.88 Å². The molecule has 0 amide bonds. The van der Waals surface area contributed by atoms with Crippen LogP contribution in [0.1, 0.15) is 17.6 Å². The fourth-order valence-corrected chi connectivity index (χ4v) is 2.15. The van der Waals surface area contributed by atoms with E-state index in [1.54, 1.807) is 17.4 Å². The SMILES string of the molecule is CCOCc1nc(NN)cc(NCc2cccs2)n1. The van der Waals surface area contributed by atoms with Gasteiger partial charge in [-0.05, 0) is 18.4 Å². The molecule has 0 aliphatic heterocycles. The lowest BCUT2D eigenvalue weighted by Gasteiger charge is -2.09. The van der Waals surface area contributed by atoms with Crippen molar-refractivity contribution in [1.82, 2.24) is 9.97 Å². The van der Waals surface area contributed by atoms with Crippen molar-refractivity contribution >= 4 is 23.0 Å². The van der Waals surface area contributed by atoms with Gasteiger partial charge in [-0.3, -0.25) is 0 Å². The minimum absolute atomic E-state index is 0.375. The van der Waals surface area contributed by atoms with Gasteiger partial charge in [-0.1, -0.05) is 6.07 Å². The van der Waals surface area contributed by atoms with Gasteiger partial charge < -0.3 is 15.5 Å². The monoisotopic (exact) mass is 279 g/mol. The predicted octanol–water partition coefficient (Wildman–Crippen LogP) is 1.97. The summed E-state index contributed by atoms with van der Waals surface area (Å²) in [6, 6.07) is 5.86. The molecule has 19 heavy (non-hydrogen) atoms. The standard InChI is InChI=1S/C12H17N5OS/c1-2-18-8-12-15-10(6-11(16-12)17-13)14-7-9-4-3-5-19-9/h3-6H,2,7-8,13H2,1H3,(H2,14,15,16,17). The van der Waals surface area contributed by atoms with E-state index in [-0.39, 0.29) is 0 Å². The highest BCUT2D eigenvalue weighted by atomic mass is 32.1. The first-order chi connectivity index (χ1) is 9.31. The summed E-state index contributed by atoms with van der Waals surface area (Å²) in [5, 5.41) is 5.29. The van der Waals surface area contributed by atoms with E-state index in [4.69, 9.17) is 10.6 Å². The highest BCUT2D eigenvalue weighted by molar-refractivity contribution is 7.09. The summed E-state index contributed by atoms with van der Waals surface area (Å²) in [6.07, 6.45) is 0. The van der Waals surface area contributed by atoms with E-state index < -0.39 is 0 Å². The third-order valence-electron chi connectivity index (χ3n) is 2.38. The third-order valence-corrected chi connectivity index (χ3v) is 3.26. The molecule has 0 radical (unpaired) electrons. The largest absolute Gasteiger partial charge is 0.374 e. The van der Waals surface area contributed by atoms with Gasteiger partial charge in [-0.15, -0.1) is 11.3 Å². The Kier molecular flexibility index (Phi) is 5.08. The number of hydrogen-bond acceptors (Lipinski definition) is 7. The van der Waals surface area contributed by atoms with Crippen LogP contribution in [0.25, 0.3) is 0 Å². The van der Waals surface area contributed by atoms with E-state index in [1.807, 2.05) is 18.4 Å². The Labute approximate surface area is 116 Å². The molecule has 0 saturated heterocycles. The molecule has 102 valence electrons. The molecule has 0 aliphatic rings. The number of nitrogens with zero attached hydrogens (tertiary/aromatic N) is 2. The summed E-state index contributed by atoms with van der Waals surface area (Å²) in [5.41, 5.74) is 2.53. The van der Waals surface area contributed by atoms with Gasteiger partial charge in [0.2, 0.25) is 0 Å². The fourth-order valence-electron chi connectivity index (χ4n) is 1.51. The zero-order chi connectivity index (χ0) is 13.5. The first kappa shape index (κ1) is 13.7. The molecule has 0 atom stereocenters. The predicted molar refractivity (Wildman–Crippen MR) is 76.8 cm³/mol. The summed E-state index contributed by atoms with van der Waals surface area (Å²) in [7, 11) is 0. The van der Waals surface area contributed by atoms with Crippen molar-refractivity contribution in [1.29, 1.82) is 0 Å². The van der Waals surface area contributed by atoms with Crippen LogP contribution < -0.4 is 16.6 Å². The molecule has 0 saturated carbocycles. The van der Waals surface area contributed by atoms with Gasteiger partial charge in [-0.25, -0.2) is 15.8 Å². The lowest BCUT2D eigenvalue weighted by molar-refractivity contribution is 0.128. The quantitative estimate of drug-likeness (QED) is 0.531. The molecule has 4 N–H and O–H groups in total. The van der Waals surface area contributed by atoms with Crippen molar-refractivity contribution in [2.24, 2.45) is 5.84 Å². The molecule has 0 fully saturated rings. The number of rotatable bonds is 7. The Balaban J connectivity index is 2.05. The van der Waals surface area contributed by atoms with Crippen LogP contribution in [-0.2, 0) is 17.9 Å². The van der Waals surface area contributed by atoms with Gasteiger partial charge in [0.15, 0.2) is 5.82 Å². The second-order valence-electron chi connectivity index (χ2n) is 3.77. The van der Waals surface area contributed by atoms with Crippen LogP contribution in [0.2, 0.25) is 0 Å². The minimum Gasteiger partial charge on any atom is -0.374 e. The first-order valence-electron chi connectivity index (χ1n) is 6.00. The Morgan fingerprint density at radius 3 is 2.89 bits per heavy atom. The van der Waals surface area contributed by atoms with Crippen molar-refractivity contribution in [3.8, 4) is 0 Å². The number of aromatic nitrogens is 2. The topological polar surface area (TPSA) is 85.1 Å². The average Bonchev–Trinajstić information content (AvgIpc) is 2.96. The molecular formula is C12H17N5OS. The molecule has 6 nitrogen and oxygen atoms in total. The molecule has 0 unspecified atom stereocenters. The van der Waals surface area contributed by atoms with Crippen LogP contribution in [0.15, 0.2) is 23.6 Å². The number of hydrogen-bond donors (Lipinski definition) is 3. The summed E-state index contributed by atoms with van der Waals surface area (Å²) >= 11 is 1.70. The molecule has 2 rings (SSSR count). The number of nitrogens with two attached hydrogens (primary N) is 1. The Morgan fingerprint density at radius 1 is 1.37 bits per heavy atom.